The maximum Gasteiger partial charge on any atom is 0.156 e. The lowest BCUT2D eigenvalue weighted by molar-refractivity contribution is 1.55. The highest BCUT2D eigenvalue weighted by molar-refractivity contribution is 7.06. The third-order valence-electron chi connectivity index (χ3n) is 0.815. The first-order valence-corrected chi connectivity index (χ1v) is 3.24. The Hall–Kier alpha value is -0.280. The Bertz CT molecular complexity index is 176. The van der Waals surface area contributed by atoms with Gasteiger partial charge in [-0.25, -0.2) is 0 Å². The number of rotatable bonds is 0. The molecular weight excluding hydrogens is 144 g/mol. The van der Waals surface area contributed by atoms with Gasteiger partial charge in [-0.05, 0) is 18.5 Å². The number of aromatic nitrogens is 1. The van der Waals surface area contributed by atoms with Gasteiger partial charge in [0.1, 0.15) is 0 Å². The summed E-state index contributed by atoms with van der Waals surface area (Å²) in [5, 5.41) is 0.593. The van der Waals surface area contributed by atoms with Crippen LogP contribution in [0.25, 0.3) is 0 Å². The van der Waals surface area contributed by atoms with Gasteiger partial charge in [0.15, 0.2) is 5.82 Å². The van der Waals surface area contributed by atoms with Gasteiger partial charge in [-0.15, -0.1) is 0 Å². The SMILES string of the molecule is Cc1snc(N)c1Cl. The third-order valence-corrected chi connectivity index (χ3v) is 2.17. The molecule has 2 nitrogen and oxygen atoms in total. The van der Waals surface area contributed by atoms with E-state index in [0.29, 0.717) is 10.8 Å². The molecule has 0 bridgehead atoms. The van der Waals surface area contributed by atoms with E-state index >= 15 is 0 Å². The summed E-state index contributed by atoms with van der Waals surface area (Å²) in [6, 6.07) is 0. The molecule has 44 valence electrons. The minimum Gasteiger partial charge on any atom is -0.382 e. The van der Waals surface area contributed by atoms with Crippen molar-refractivity contribution in [3.05, 3.63) is 9.90 Å². The number of anilines is 1. The summed E-state index contributed by atoms with van der Waals surface area (Å²) in [6.07, 6.45) is 0. The van der Waals surface area contributed by atoms with Crippen LogP contribution in [-0.2, 0) is 0 Å². The average Bonchev–Trinajstić information content (AvgIpc) is 1.98. The zero-order valence-corrected chi connectivity index (χ0v) is 5.88. The first kappa shape index (κ1) is 5.85. The van der Waals surface area contributed by atoms with Gasteiger partial charge in [-0.2, -0.15) is 4.37 Å². The highest BCUT2D eigenvalue weighted by Crippen LogP contribution is 2.24. The quantitative estimate of drug-likeness (QED) is 0.608. The summed E-state index contributed by atoms with van der Waals surface area (Å²) < 4.78 is 3.80. The Labute approximate surface area is 56.4 Å². The average molecular weight is 149 g/mol. The topological polar surface area (TPSA) is 38.9 Å². The molecule has 0 saturated heterocycles. The van der Waals surface area contributed by atoms with Gasteiger partial charge in [-0.3, -0.25) is 0 Å². The van der Waals surface area contributed by atoms with Crippen molar-refractivity contribution < 1.29 is 0 Å². The first-order valence-electron chi connectivity index (χ1n) is 2.09. The number of hydrogen-bond donors (Lipinski definition) is 1. The van der Waals surface area contributed by atoms with Gasteiger partial charge in [0.2, 0.25) is 0 Å². The van der Waals surface area contributed by atoms with E-state index in [1.165, 1.54) is 11.5 Å². The Balaban J connectivity index is 3.19. The van der Waals surface area contributed by atoms with Crippen molar-refractivity contribution in [3.8, 4) is 0 Å². The summed E-state index contributed by atoms with van der Waals surface area (Å²) in [5.74, 6) is 0.439. The van der Waals surface area contributed by atoms with Crippen LogP contribution in [0.4, 0.5) is 5.82 Å². The predicted molar refractivity (Wildman–Crippen MR) is 36.3 cm³/mol. The van der Waals surface area contributed by atoms with Crippen molar-refractivity contribution in [2.24, 2.45) is 0 Å². The monoisotopic (exact) mass is 148 g/mol. The molecule has 1 heterocycles. The lowest BCUT2D eigenvalue weighted by Crippen LogP contribution is -1.82. The molecule has 1 aromatic rings. The van der Waals surface area contributed by atoms with E-state index in [4.69, 9.17) is 17.3 Å². The molecule has 0 aromatic carbocycles. The van der Waals surface area contributed by atoms with E-state index in [-0.39, 0.29) is 0 Å². The van der Waals surface area contributed by atoms with Crippen LogP contribution >= 0.6 is 23.1 Å². The highest BCUT2D eigenvalue weighted by Gasteiger charge is 2.01. The molecule has 0 saturated carbocycles. The van der Waals surface area contributed by atoms with Crippen LogP contribution in [0.2, 0.25) is 5.02 Å². The van der Waals surface area contributed by atoms with Crippen molar-refractivity contribution in [3.63, 3.8) is 0 Å². The van der Waals surface area contributed by atoms with Crippen LogP contribution in [0, 0.1) is 6.92 Å². The third kappa shape index (κ3) is 0.788. The van der Waals surface area contributed by atoms with Crippen molar-refractivity contribution in [1.29, 1.82) is 0 Å². The lowest BCUT2D eigenvalue weighted by Gasteiger charge is -1.81. The van der Waals surface area contributed by atoms with Crippen LogP contribution in [0.1, 0.15) is 4.88 Å². The standard InChI is InChI=1S/C4H5ClN2S/c1-2-3(5)4(6)7-8-2/h1H3,(H2,6,7). The Morgan fingerprint density at radius 3 is 2.50 bits per heavy atom. The van der Waals surface area contributed by atoms with E-state index < -0.39 is 0 Å². The summed E-state index contributed by atoms with van der Waals surface area (Å²) in [7, 11) is 0. The smallest absolute Gasteiger partial charge is 0.156 e. The van der Waals surface area contributed by atoms with Crippen molar-refractivity contribution in [2.75, 3.05) is 5.73 Å². The van der Waals surface area contributed by atoms with Crippen molar-refractivity contribution >= 4 is 29.0 Å². The van der Waals surface area contributed by atoms with E-state index in [0.717, 1.165) is 4.88 Å². The zero-order chi connectivity index (χ0) is 6.15. The fraction of sp³-hybridized carbons (Fsp3) is 0.250. The van der Waals surface area contributed by atoms with Gasteiger partial charge in [0.05, 0.1) is 5.02 Å². The molecule has 8 heavy (non-hydrogen) atoms. The summed E-state index contributed by atoms with van der Waals surface area (Å²) >= 11 is 6.94. The molecule has 0 aliphatic rings. The molecule has 0 fully saturated rings. The van der Waals surface area contributed by atoms with Gasteiger partial charge in [0, 0.05) is 4.88 Å². The van der Waals surface area contributed by atoms with Crippen LogP contribution in [0.15, 0.2) is 0 Å². The maximum absolute atomic E-state index is 5.62. The molecular formula is C4H5ClN2S. The van der Waals surface area contributed by atoms with Crippen LogP contribution in [0.5, 0.6) is 0 Å². The van der Waals surface area contributed by atoms with E-state index in [1.807, 2.05) is 6.92 Å². The van der Waals surface area contributed by atoms with Crippen LogP contribution in [0.3, 0.4) is 0 Å². The molecule has 0 radical (unpaired) electrons. The molecule has 0 amide bonds. The first-order chi connectivity index (χ1) is 3.72. The van der Waals surface area contributed by atoms with Crippen LogP contribution < -0.4 is 5.73 Å². The molecule has 0 spiro atoms. The maximum atomic E-state index is 5.62. The number of hydrogen-bond acceptors (Lipinski definition) is 3. The molecule has 4 heteroatoms. The second-order valence-corrected chi connectivity index (χ2v) is 2.79. The molecule has 0 aliphatic carbocycles. The Morgan fingerprint density at radius 2 is 2.38 bits per heavy atom. The Morgan fingerprint density at radius 1 is 1.75 bits per heavy atom. The van der Waals surface area contributed by atoms with Gasteiger partial charge < -0.3 is 5.73 Å². The Kier molecular flexibility index (Phi) is 1.40. The van der Waals surface area contributed by atoms with Crippen molar-refractivity contribution in [1.82, 2.24) is 4.37 Å². The van der Waals surface area contributed by atoms with E-state index in [2.05, 4.69) is 4.37 Å². The molecule has 2 N–H and O–H groups in total. The van der Waals surface area contributed by atoms with Gasteiger partial charge in [-0.1, -0.05) is 11.6 Å². The molecule has 1 rings (SSSR count). The number of nitrogen functional groups attached to an aromatic ring is 1. The minimum absolute atomic E-state index is 0.439. The highest BCUT2D eigenvalue weighted by atomic mass is 35.5. The largest absolute Gasteiger partial charge is 0.382 e. The van der Waals surface area contributed by atoms with E-state index in [1.54, 1.807) is 0 Å². The second kappa shape index (κ2) is 1.91. The minimum atomic E-state index is 0.439. The number of aryl methyl sites for hydroxylation is 1. The summed E-state index contributed by atoms with van der Waals surface area (Å²) in [4.78, 5) is 0.976. The van der Waals surface area contributed by atoms with Gasteiger partial charge in [0.25, 0.3) is 0 Å². The second-order valence-electron chi connectivity index (χ2n) is 1.44. The molecule has 0 atom stereocenters. The fourth-order valence-electron chi connectivity index (χ4n) is 0.378. The normalized spacial score (nSPS) is 9.75. The zero-order valence-electron chi connectivity index (χ0n) is 4.31. The van der Waals surface area contributed by atoms with Gasteiger partial charge >= 0.3 is 0 Å². The number of nitrogens with two attached hydrogens (primary N) is 1. The fourth-order valence-corrected chi connectivity index (χ4v) is 1.09. The molecule has 0 aliphatic heterocycles. The molecule has 0 unspecified atom stereocenters. The number of nitrogens with zero attached hydrogens (tertiary/aromatic N) is 1. The predicted octanol–water partition coefficient (Wildman–Crippen LogP) is 1.69. The lowest BCUT2D eigenvalue weighted by atomic mass is 10.5. The molecule has 1 aromatic heterocycles. The number of halogens is 1. The van der Waals surface area contributed by atoms with Crippen LogP contribution in [-0.4, -0.2) is 4.37 Å². The summed E-state index contributed by atoms with van der Waals surface area (Å²) in [5.41, 5.74) is 5.31. The van der Waals surface area contributed by atoms with E-state index in [9.17, 15) is 0 Å². The van der Waals surface area contributed by atoms with Crippen molar-refractivity contribution in [2.45, 2.75) is 6.92 Å². The summed E-state index contributed by atoms with van der Waals surface area (Å²) in [6.45, 7) is 1.89.